The lowest BCUT2D eigenvalue weighted by Gasteiger charge is -2.31. The van der Waals surface area contributed by atoms with Crippen LogP contribution in [0.1, 0.15) is 114 Å². The minimum absolute atomic E-state index is 0.153. The first-order valence-electron chi connectivity index (χ1n) is 21.1. The van der Waals surface area contributed by atoms with Gasteiger partial charge in [-0.05, 0) is 86.8 Å². The van der Waals surface area contributed by atoms with E-state index >= 15 is 0 Å². The fourth-order valence-electron chi connectivity index (χ4n) is 8.81. The molecule has 8 rings (SSSR count). The van der Waals surface area contributed by atoms with Crippen molar-refractivity contribution in [3.05, 3.63) is 59.2 Å². The molecule has 16 nitrogen and oxygen atoms in total. The zero-order valence-corrected chi connectivity index (χ0v) is 34.4. The van der Waals surface area contributed by atoms with E-state index in [-0.39, 0.29) is 59.4 Å². The third kappa shape index (κ3) is 8.30. The van der Waals surface area contributed by atoms with Crippen LogP contribution in [-0.2, 0) is 28.8 Å². The Bertz CT molecular complexity index is 2260. The van der Waals surface area contributed by atoms with Crippen LogP contribution in [0, 0.1) is 23.7 Å². The zero-order chi connectivity index (χ0) is 42.2. The number of nitrogens with one attached hydrogen (secondary N) is 6. The number of nitrogens with zero attached hydrogens (tertiary/aromatic N) is 4. The highest BCUT2D eigenvalue weighted by molar-refractivity contribution is 5.95. The van der Waals surface area contributed by atoms with Gasteiger partial charge in [-0.2, -0.15) is 0 Å². The SMILES string of the molecule is CC(C)[C@H](NC(=O)[C@@H]1CCC(=O)N1)C(=O)N1CCC[C@H]1c1nc2cc(C#Cc3ccc4[nH]c([C@@H]5CCCN5C(=O)[C@@H](NC(=O)[C@@H]5CCC(=O)N5)C(C)C)nc4c3)ccc2[nH]1. The summed E-state index contributed by atoms with van der Waals surface area (Å²) in [4.78, 5) is 97.3. The summed E-state index contributed by atoms with van der Waals surface area (Å²) in [6.07, 6.45) is 4.53. The first kappa shape index (κ1) is 40.5. The summed E-state index contributed by atoms with van der Waals surface area (Å²) in [6.45, 7) is 8.71. The van der Waals surface area contributed by atoms with Gasteiger partial charge in [-0.3, -0.25) is 28.8 Å². The van der Waals surface area contributed by atoms with Crippen LogP contribution in [0.25, 0.3) is 22.1 Å². The molecular weight excluding hydrogens is 765 g/mol. The van der Waals surface area contributed by atoms with E-state index in [1.54, 1.807) is 9.80 Å². The van der Waals surface area contributed by atoms with Crippen LogP contribution < -0.4 is 21.3 Å². The van der Waals surface area contributed by atoms with E-state index in [1.165, 1.54) is 0 Å². The Morgan fingerprint density at radius 2 is 1.07 bits per heavy atom. The Hall–Kier alpha value is -6.24. The number of fused-ring (bicyclic) bond motifs is 2. The molecule has 0 spiro atoms. The highest BCUT2D eigenvalue weighted by Gasteiger charge is 2.40. The van der Waals surface area contributed by atoms with Crippen molar-refractivity contribution >= 4 is 57.5 Å². The number of aromatic amines is 2. The molecule has 2 aromatic carbocycles. The second-order valence-electron chi connectivity index (χ2n) is 17.1. The smallest absolute Gasteiger partial charge is 0.246 e. The second-order valence-corrected chi connectivity index (χ2v) is 17.1. The van der Waals surface area contributed by atoms with Crippen molar-refractivity contribution in [2.24, 2.45) is 11.8 Å². The number of rotatable bonds is 10. The minimum Gasteiger partial charge on any atom is -0.344 e. The topological polar surface area (TPSA) is 214 Å². The van der Waals surface area contributed by atoms with Crippen molar-refractivity contribution in [3.8, 4) is 11.8 Å². The van der Waals surface area contributed by atoms with Crippen LogP contribution in [0.5, 0.6) is 0 Å². The van der Waals surface area contributed by atoms with Crippen LogP contribution in [0.4, 0.5) is 0 Å². The molecule has 60 heavy (non-hydrogen) atoms. The Labute approximate surface area is 347 Å². The monoisotopic (exact) mass is 816 g/mol. The van der Waals surface area contributed by atoms with Gasteiger partial charge in [0.2, 0.25) is 35.4 Å². The van der Waals surface area contributed by atoms with E-state index in [0.717, 1.165) is 58.9 Å². The molecule has 6 N–H and O–H groups in total. The Balaban J connectivity index is 0.942. The molecule has 4 saturated heterocycles. The van der Waals surface area contributed by atoms with Gasteiger partial charge in [0.15, 0.2) is 0 Å². The van der Waals surface area contributed by atoms with E-state index < -0.39 is 24.2 Å². The van der Waals surface area contributed by atoms with Crippen molar-refractivity contribution in [1.29, 1.82) is 0 Å². The molecule has 0 bridgehead atoms. The Kier molecular flexibility index (Phi) is 11.3. The van der Waals surface area contributed by atoms with Gasteiger partial charge in [0, 0.05) is 37.1 Å². The number of hydrogen-bond donors (Lipinski definition) is 6. The van der Waals surface area contributed by atoms with Crippen LogP contribution in [0.15, 0.2) is 36.4 Å². The van der Waals surface area contributed by atoms with Crippen molar-refractivity contribution in [2.45, 2.75) is 115 Å². The number of H-pyrrole nitrogens is 2. The average molecular weight is 817 g/mol. The summed E-state index contributed by atoms with van der Waals surface area (Å²) in [5.41, 5.74) is 4.66. The van der Waals surface area contributed by atoms with E-state index in [2.05, 4.69) is 43.1 Å². The molecule has 6 atom stereocenters. The lowest BCUT2D eigenvalue weighted by Crippen LogP contribution is -2.54. The summed E-state index contributed by atoms with van der Waals surface area (Å²) < 4.78 is 0. The van der Waals surface area contributed by atoms with Crippen molar-refractivity contribution < 1.29 is 28.8 Å². The maximum Gasteiger partial charge on any atom is 0.246 e. The maximum atomic E-state index is 13.9. The molecule has 4 aliphatic rings. The average Bonchev–Trinajstić information content (AvgIpc) is 4.08. The fourth-order valence-corrected chi connectivity index (χ4v) is 8.81. The first-order chi connectivity index (χ1) is 28.8. The van der Waals surface area contributed by atoms with E-state index in [0.29, 0.717) is 50.4 Å². The lowest BCUT2D eigenvalue weighted by molar-refractivity contribution is -0.139. The molecule has 4 fully saturated rings. The van der Waals surface area contributed by atoms with Gasteiger partial charge in [-0.1, -0.05) is 39.5 Å². The molecule has 6 heterocycles. The van der Waals surface area contributed by atoms with Gasteiger partial charge < -0.3 is 41.0 Å². The quantitative estimate of drug-likeness (QED) is 0.131. The molecule has 6 amide bonds. The molecule has 16 heteroatoms. The van der Waals surface area contributed by atoms with Crippen LogP contribution in [0.2, 0.25) is 0 Å². The van der Waals surface area contributed by atoms with Gasteiger partial charge >= 0.3 is 0 Å². The number of carbonyl (C=O) groups is 6. The molecule has 4 aliphatic heterocycles. The van der Waals surface area contributed by atoms with E-state index in [1.807, 2.05) is 64.1 Å². The molecule has 0 radical (unpaired) electrons. The predicted molar refractivity (Wildman–Crippen MR) is 221 cm³/mol. The van der Waals surface area contributed by atoms with Gasteiger partial charge in [-0.15, -0.1) is 0 Å². The first-order valence-corrected chi connectivity index (χ1v) is 21.1. The number of amides is 6. The minimum atomic E-state index is -0.728. The number of aromatic nitrogens is 4. The van der Waals surface area contributed by atoms with Crippen LogP contribution in [0.3, 0.4) is 0 Å². The molecule has 2 aromatic heterocycles. The normalized spacial score (nSPS) is 22.6. The summed E-state index contributed by atoms with van der Waals surface area (Å²) in [5.74, 6) is 6.27. The van der Waals surface area contributed by atoms with Crippen LogP contribution >= 0.6 is 0 Å². The Morgan fingerprint density at radius 3 is 1.43 bits per heavy atom. The van der Waals surface area contributed by atoms with Gasteiger partial charge in [0.05, 0.1) is 34.2 Å². The highest BCUT2D eigenvalue weighted by Crippen LogP contribution is 2.34. The van der Waals surface area contributed by atoms with E-state index in [4.69, 9.17) is 9.97 Å². The molecule has 4 aromatic rings. The lowest BCUT2D eigenvalue weighted by atomic mass is 10.0. The number of hydrogen-bond acceptors (Lipinski definition) is 8. The summed E-state index contributed by atoms with van der Waals surface area (Å²) in [7, 11) is 0. The van der Waals surface area contributed by atoms with Crippen molar-refractivity contribution in [2.75, 3.05) is 13.1 Å². The number of benzene rings is 2. The van der Waals surface area contributed by atoms with Crippen molar-refractivity contribution in [1.82, 2.24) is 51.0 Å². The van der Waals surface area contributed by atoms with E-state index in [9.17, 15) is 28.8 Å². The number of likely N-dealkylation sites (tertiary alicyclic amines) is 2. The molecule has 0 unspecified atom stereocenters. The summed E-state index contributed by atoms with van der Waals surface area (Å²) >= 11 is 0. The third-order valence-corrected chi connectivity index (χ3v) is 12.1. The molecule has 0 aliphatic carbocycles. The van der Waals surface area contributed by atoms with Crippen molar-refractivity contribution in [3.63, 3.8) is 0 Å². The zero-order valence-electron chi connectivity index (χ0n) is 34.4. The highest BCUT2D eigenvalue weighted by atomic mass is 16.2. The third-order valence-electron chi connectivity index (χ3n) is 12.1. The predicted octanol–water partition coefficient (Wildman–Crippen LogP) is 3.00. The van der Waals surface area contributed by atoms with Crippen LogP contribution in [-0.4, -0.2) is 102 Å². The second kappa shape index (κ2) is 16.8. The number of imidazole rings is 2. The number of carbonyl (C=O) groups excluding carboxylic acids is 6. The summed E-state index contributed by atoms with van der Waals surface area (Å²) in [6, 6.07) is 8.32. The van der Waals surface area contributed by atoms with Gasteiger partial charge in [-0.25, -0.2) is 9.97 Å². The largest absolute Gasteiger partial charge is 0.344 e. The van der Waals surface area contributed by atoms with Gasteiger partial charge in [0.25, 0.3) is 0 Å². The molecule has 314 valence electrons. The summed E-state index contributed by atoms with van der Waals surface area (Å²) in [5, 5.41) is 11.2. The Morgan fingerprint density at radius 1 is 0.650 bits per heavy atom. The standard InChI is InChI=1S/C44H52N10O6/c1-23(2)37(51-41(57)29-15-17-35(55)45-29)43(59)53-19-5-7-33(53)39-47-27-13-11-25(21-31(27)49-39)9-10-26-12-14-28-32(22-26)50-40(48-28)34-8-6-20-54(34)44(60)38(24(3)4)52-42(58)30-16-18-36(56)46-30/h11-14,21-24,29-30,33-34,37-38H,5-8,15-20H2,1-4H3,(H,45,55)(H,46,56)(H,47,49)(H,48,50)(H,51,57)(H,52,58)/t29-,30-,33-,34-,37-,38-/m0/s1. The van der Waals surface area contributed by atoms with Gasteiger partial charge in [0.1, 0.15) is 35.8 Å². The maximum absolute atomic E-state index is 13.9. The molecule has 0 saturated carbocycles. The fraction of sp³-hybridized carbons (Fsp3) is 0.500. The molecular formula is C44H52N10O6.